The largest absolute Gasteiger partial charge is 0.481 e. The first-order valence-corrected chi connectivity index (χ1v) is 12.3. The summed E-state index contributed by atoms with van der Waals surface area (Å²) in [5.41, 5.74) is 0.959. The molecule has 0 aromatic heterocycles. The fourth-order valence-corrected chi connectivity index (χ4v) is 5.63. The van der Waals surface area contributed by atoms with Crippen LogP contribution in [-0.4, -0.2) is 56.8 Å². The summed E-state index contributed by atoms with van der Waals surface area (Å²) in [7, 11) is 0. The Balaban J connectivity index is 2.15. The summed E-state index contributed by atoms with van der Waals surface area (Å²) in [5, 5.41) is 39.4. The van der Waals surface area contributed by atoms with Crippen LogP contribution in [0, 0.1) is 35.5 Å². The molecule has 0 amide bonds. The van der Waals surface area contributed by atoms with Gasteiger partial charge in [0.25, 0.3) is 0 Å². The highest BCUT2D eigenvalue weighted by atomic mass is 16.5. The fourth-order valence-electron chi connectivity index (χ4n) is 5.63. The highest BCUT2D eigenvalue weighted by Crippen LogP contribution is 2.44. The third-order valence-corrected chi connectivity index (χ3v) is 7.14. The van der Waals surface area contributed by atoms with Gasteiger partial charge in [-0.15, -0.1) is 0 Å². The van der Waals surface area contributed by atoms with E-state index in [1.807, 2.05) is 39.8 Å². The number of aliphatic hydroxyl groups is 3. The molecular weight excluding hydrogens is 424 g/mol. The number of hydrogen-bond acceptors (Lipinski definition) is 6. The maximum Gasteiger partial charge on any atom is 0.309 e. The van der Waals surface area contributed by atoms with Gasteiger partial charge in [0.1, 0.15) is 6.10 Å². The molecule has 0 aliphatic heterocycles. The average molecular weight is 467 g/mol. The molecule has 188 valence electrons. The summed E-state index contributed by atoms with van der Waals surface area (Å²) < 4.78 is 6.07. The van der Waals surface area contributed by atoms with Gasteiger partial charge in [-0.25, -0.2) is 0 Å². The highest BCUT2D eigenvalue weighted by Gasteiger charge is 2.43. The van der Waals surface area contributed by atoms with Crippen molar-refractivity contribution in [1.82, 2.24) is 0 Å². The van der Waals surface area contributed by atoms with E-state index in [-0.39, 0.29) is 47.9 Å². The zero-order valence-corrected chi connectivity index (χ0v) is 20.6. The molecule has 0 fully saturated rings. The number of carboxylic acid groups (broad SMARTS) is 1. The topological polar surface area (TPSA) is 124 Å². The number of carbonyl (C=O) groups excluding carboxylic acids is 1. The number of rotatable bonds is 11. The number of aliphatic hydroxyl groups excluding tert-OH is 3. The first-order chi connectivity index (χ1) is 15.4. The van der Waals surface area contributed by atoms with Crippen molar-refractivity contribution >= 4 is 11.9 Å². The Kier molecular flexibility index (Phi) is 10.1. The molecule has 0 bridgehead atoms. The van der Waals surface area contributed by atoms with E-state index < -0.39 is 36.8 Å². The molecule has 4 N–H and O–H groups in total. The number of carbonyl (C=O) groups is 2. The first-order valence-electron chi connectivity index (χ1n) is 12.3. The third-order valence-electron chi connectivity index (χ3n) is 7.14. The van der Waals surface area contributed by atoms with Gasteiger partial charge in [0.2, 0.25) is 0 Å². The van der Waals surface area contributed by atoms with Crippen molar-refractivity contribution in [2.24, 2.45) is 35.5 Å². The third kappa shape index (κ3) is 7.66. The van der Waals surface area contributed by atoms with Crippen molar-refractivity contribution in [3.05, 3.63) is 23.8 Å². The van der Waals surface area contributed by atoms with Crippen molar-refractivity contribution in [1.29, 1.82) is 0 Å². The Morgan fingerprint density at radius 1 is 1.12 bits per heavy atom. The molecule has 2 aliphatic rings. The maximum absolute atomic E-state index is 13.1. The second kappa shape index (κ2) is 12.1. The van der Waals surface area contributed by atoms with E-state index in [2.05, 4.69) is 13.0 Å². The standard InChI is InChI=1S/C26H42O7/c1-14(2)24(15(3)4)26(32)33-22-12-19(28)10-17-7-6-16(5)21(25(17)22)9-8-18(27)11-20(29)13-23(30)31/h6-7,10,14-16,18-22,24-25,27-29H,8-9,11-13H2,1-5H3,(H,30,31)/t16-,18+,19+,20+,21-,22-,25-/m0/s1. The number of aliphatic carboxylic acids is 1. The summed E-state index contributed by atoms with van der Waals surface area (Å²) >= 11 is 0. The van der Waals surface area contributed by atoms with E-state index in [0.717, 1.165) is 5.57 Å². The summed E-state index contributed by atoms with van der Waals surface area (Å²) in [6, 6.07) is 0. The molecule has 2 rings (SSSR count). The van der Waals surface area contributed by atoms with Crippen molar-refractivity contribution in [3.63, 3.8) is 0 Å². The number of hydrogen-bond donors (Lipinski definition) is 4. The normalized spacial score (nSPS) is 29.1. The van der Waals surface area contributed by atoms with Crippen LogP contribution in [0.1, 0.15) is 66.7 Å². The summed E-state index contributed by atoms with van der Waals surface area (Å²) in [6.07, 6.45) is 3.91. The molecule has 0 saturated carbocycles. The van der Waals surface area contributed by atoms with E-state index in [1.165, 1.54) is 0 Å². The van der Waals surface area contributed by atoms with Crippen LogP contribution in [0.4, 0.5) is 0 Å². The number of ether oxygens (including phenoxy) is 1. The van der Waals surface area contributed by atoms with Gasteiger partial charge in [-0.05, 0) is 48.5 Å². The monoisotopic (exact) mass is 466 g/mol. The van der Waals surface area contributed by atoms with Gasteiger partial charge in [-0.1, -0.05) is 52.8 Å². The lowest BCUT2D eigenvalue weighted by Crippen LogP contribution is -2.44. The zero-order chi connectivity index (χ0) is 24.9. The van der Waals surface area contributed by atoms with Crippen molar-refractivity contribution in [3.8, 4) is 0 Å². The fraction of sp³-hybridized carbons (Fsp3) is 0.769. The van der Waals surface area contributed by atoms with Crippen LogP contribution in [0.3, 0.4) is 0 Å². The Labute approximate surface area is 197 Å². The minimum absolute atomic E-state index is 0.0121. The molecule has 7 atom stereocenters. The van der Waals surface area contributed by atoms with Crippen LogP contribution in [0.2, 0.25) is 0 Å². The Bertz CT molecular complexity index is 718. The second-order valence-corrected chi connectivity index (χ2v) is 10.6. The molecule has 0 spiro atoms. The molecule has 0 unspecified atom stereocenters. The van der Waals surface area contributed by atoms with Gasteiger partial charge in [-0.3, -0.25) is 9.59 Å². The molecule has 33 heavy (non-hydrogen) atoms. The predicted octanol–water partition coefficient (Wildman–Crippen LogP) is 3.32. The van der Waals surface area contributed by atoms with E-state index in [0.29, 0.717) is 19.3 Å². The van der Waals surface area contributed by atoms with E-state index in [4.69, 9.17) is 9.84 Å². The molecular formula is C26H42O7. The summed E-state index contributed by atoms with van der Waals surface area (Å²) in [5.74, 6) is -1.04. The number of carboxylic acids is 1. The maximum atomic E-state index is 13.1. The quantitative estimate of drug-likeness (QED) is 0.344. The Hall–Kier alpha value is -1.70. The van der Waals surface area contributed by atoms with E-state index in [9.17, 15) is 24.9 Å². The lowest BCUT2D eigenvalue weighted by molar-refractivity contribution is -0.163. The molecule has 7 heteroatoms. The average Bonchev–Trinajstić information content (AvgIpc) is 2.65. The second-order valence-electron chi connectivity index (χ2n) is 10.6. The van der Waals surface area contributed by atoms with Crippen LogP contribution in [-0.2, 0) is 14.3 Å². The van der Waals surface area contributed by atoms with E-state index >= 15 is 0 Å². The van der Waals surface area contributed by atoms with Gasteiger partial charge < -0.3 is 25.2 Å². The molecule has 0 aromatic rings. The van der Waals surface area contributed by atoms with Gasteiger partial charge in [0, 0.05) is 12.3 Å². The van der Waals surface area contributed by atoms with Crippen molar-refractivity contribution in [2.45, 2.75) is 91.1 Å². The lowest BCUT2D eigenvalue weighted by Gasteiger charge is -2.43. The molecule has 0 saturated heterocycles. The van der Waals surface area contributed by atoms with Gasteiger partial charge in [-0.2, -0.15) is 0 Å². The number of allylic oxidation sites excluding steroid dienone is 2. The first kappa shape index (κ1) is 27.5. The van der Waals surface area contributed by atoms with Crippen molar-refractivity contribution < 1.29 is 34.8 Å². The van der Waals surface area contributed by atoms with E-state index in [1.54, 1.807) is 0 Å². The minimum atomic E-state index is -1.10. The van der Waals surface area contributed by atoms with Crippen LogP contribution < -0.4 is 0 Å². The van der Waals surface area contributed by atoms with Gasteiger partial charge in [0.05, 0.1) is 30.7 Å². The van der Waals surface area contributed by atoms with Crippen LogP contribution in [0.15, 0.2) is 23.8 Å². The molecule has 2 aliphatic carbocycles. The Morgan fingerprint density at radius 2 is 1.76 bits per heavy atom. The molecule has 0 heterocycles. The number of fused-ring (bicyclic) bond motifs is 1. The predicted molar refractivity (Wildman–Crippen MR) is 125 cm³/mol. The number of esters is 1. The smallest absolute Gasteiger partial charge is 0.309 e. The molecule has 0 aromatic carbocycles. The molecule has 7 nitrogen and oxygen atoms in total. The van der Waals surface area contributed by atoms with Crippen molar-refractivity contribution in [2.75, 3.05) is 0 Å². The van der Waals surface area contributed by atoms with Crippen LogP contribution in [0.5, 0.6) is 0 Å². The Morgan fingerprint density at radius 3 is 2.33 bits per heavy atom. The minimum Gasteiger partial charge on any atom is -0.481 e. The highest BCUT2D eigenvalue weighted by molar-refractivity contribution is 5.73. The zero-order valence-electron chi connectivity index (χ0n) is 20.6. The molecule has 0 radical (unpaired) electrons. The van der Waals surface area contributed by atoms with Crippen LogP contribution >= 0.6 is 0 Å². The van der Waals surface area contributed by atoms with Crippen LogP contribution in [0.25, 0.3) is 0 Å². The lowest BCUT2D eigenvalue weighted by atomic mass is 9.66. The van der Waals surface area contributed by atoms with Gasteiger partial charge in [0.15, 0.2) is 0 Å². The SMILES string of the molecule is CC(C)C(C(=O)O[C@H]1C[C@H](O)C=C2C=C[C@H](C)[C@H](CC[C@@H](O)C[C@@H](O)CC(=O)O)[C@H]21)C(C)C. The summed E-state index contributed by atoms with van der Waals surface area (Å²) in [6.45, 7) is 10.2. The van der Waals surface area contributed by atoms with Gasteiger partial charge >= 0.3 is 11.9 Å². The summed E-state index contributed by atoms with van der Waals surface area (Å²) in [4.78, 5) is 23.8.